The third kappa shape index (κ3) is 4.18. The molecule has 1 fully saturated rings. The van der Waals surface area contributed by atoms with E-state index in [-0.39, 0.29) is 5.91 Å². The highest BCUT2D eigenvalue weighted by molar-refractivity contribution is 5.76. The van der Waals surface area contributed by atoms with Crippen LogP contribution in [0, 0.1) is 5.92 Å². The number of amides is 1. The van der Waals surface area contributed by atoms with E-state index >= 15 is 0 Å². The zero-order chi connectivity index (χ0) is 11.3. The monoisotopic (exact) mass is 214 g/mol. The van der Waals surface area contributed by atoms with Gasteiger partial charge in [0.2, 0.25) is 5.91 Å². The number of likely N-dealkylation sites (N-methyl/N-ethyl adjacent to an activating group) is 1. The minimum absolute atomic E-state index is 0.189. The normalized spacial score (nSPS) is 25.1. The lowest BCUT2D eigenvalue weighted by Crippen LogP contribution is -2.40. The first-order valence-corrected chi connectivity index (χ1v) is 5.74. The average Bonchev–Trinajstić information content (AvgIpc) is 2.33. The van der Waals surface area contributed by atoms with Gasteiger partial charge in [-0.2, -0.15) is 0 Å². The van der Waals surface area contributed by atoms with Crippen LogP contribution in [0.25, 0.3) is 0 Å². The number of nitrogens with zero attached hydrogens (tertiary/aromatic N) is 1. The molecule has 0 radical (unpaired) electrons. The summed E-state index contributed by atoms with van der Waals surface area (Å²) in [5.74, 6) is 0.815. The highest BCUT2D eigenvalue weighted by Gasteiger charge is 2.21. The Kier molecular flexibility index (Phi) is 5.05. The highest BCUT2D eigenvalue weighted by atomic mass is 16.3. The fourth-order valence-corrected chi connectivity index (χ4v) is 1.92. The molecule has 1 aliphatic rings. The van der Waals surface area contributed by atoms with Crippen LogP contribution in [0.3, 0.4) is 0 Å². The van der Waals surface area contributed by atoms with Gasteiger partial charge in [-0.05, 0) is 25.8 Å². The Balaban J connectivity index is 2.41. The van der Waals surface area contributed by atoms with E-state index in [0.717, 1.165) is 19.4 Å². The minimum Gasteiger partial charge on any atom is -0.390 e. The predicted molar refractivity (Wildman–Crippen MR) is 59.5 cm³/mol. The van der Waals surface area contributed by atoms with Gasteiger partial charge in [-0.15, -0.1) is 0 Å². The molecule has 2 N–H and O–H groups in total. The molecule has 0 aromatic carbocycles. The van der Waals surface area contributed by atoms with Gasteiger partial charge in [0, 0.05) is 26.1 Å². The topological polar surface area (TPSA) is 52.6 Å². The summed E-state index contributed by atoms with van der Waals surface area (Å²) in [6.45, 7) is 3.98. The molecular weight excluding hydrogens is 192 g/mol. The molecule has 1 rings (SSSR count). The zero-order valence-electron chi connectivity index (χ0n) is 9.70. The summed E-state index contributed by atoms with van der Waals surface area (Å²) < 4.78 is 0. The summed E-state index contributed by atoms with van der Waals surface area (Å²) in [6, 6.07) is 0. The summed E-state index contributed by atoms with van der Waals surface area (Å²) in [4.78, 5) is 13.5. The number of rotatable bonds is 4. The van der Waals surface area contributed by atoms with Crippen molar-refractivity contribution < 1.29 is 9.90 Å². The van der Waals surface area contributed by atoms with Crippen LogP contribution in [0.5, 0.6) is 0 Å². The van der Waals surface area contributed by atoms with Crippen LogP contribution in [-0.2, 0) is 4.79 Å². The minimum atomic E-state index is -0.452. The second-order valence-electron chi connectivity index (χ2n) is 4.48. The first-order valence-electron chi connectivity index (χ1n) is 5.74. The Morgan fingerprint density at radius 3 is 3.00 bits per heavy atom. The Labute approximate surface area is 91.6 Å². The van der Waals surface area contributed by atoms with E-state index < -0.39 is 6.10 Å². The van der Waals surface area contributed by atoms with Crippen LogP contribution in [0.2, 0.25) is 0 Å². The molecule has 88 valence electrons. The van der Waals surface area contributed by atoms with Crippen LogP contribution >= 0.6 is 0 Å². The summed E-state index contributed by atoms with van der Waals surface area (Å²) >= 11 is 0. The maximum Gasteiger partial charge on any atom is 0.222 e. The van der Waals surface area contributed by atoms with E-state index in [1.807, 2.05) is 0 Å². The number of carbonyl (C=O) groups is 1. The molecule has 1 heterocycles. The predicted octanol–water partition coefficient (Wildman–Crippen LogP) is 0.215. The molecule has 2 unspecified atom stereocenters. The van der Waals surface area contributed by atoms with Gasteiger partial charge in [0.25, 0.3) is 0 Å². The lowest BCUT2D eigenvalue weighted by atomic mass is 10.0. The Morgan fingerprint density at radius 2 is 2.33 bits per heavy atom. The van der Waals surface area contributed by atoms with E-state index in [2.05, 4.69) is 12.2 Å². The molecule has 0 aromatic rings. The summed E-state index contributed by atoms with van der Waals surface area (Å²) in [5, 5.41) is 12.5. The fraction of sp³-hybridized carbons (Fsp3) is 0.909. The van der Waals surface area contributed by atoms with E-state index in [4.69, 9.17) is 0 Å². The molecule has 1 amide bonds. The molecule has 1 aliphatic heterocycles. The SMILES string of the molecule is CNCC(O)CN1CCC(C)CCC1=O. The van der Waals surface area contributed by atoms with Crippen LogP contribution < -0.4 is 5.32 Å². The van der Waals surface area contributed by atoms with Gasteiger partial charge in [0.15, 0.2) is 0 Å². The Hall–Kier alpha value is -0.610. The second-order valence-corrected chi connectivity index (χ2v) is 4.48. The Bertz CT molecular complexity index is 209. The third-order valence-electron chi connectivity index (χ3n) is 2.97. The lowest BCUT2D eigenvalue weighted by Gasteiger charge is -2.23. The fourth-order valence-electron chi connectivity index (χ4n) is 1.92. The molecule has 15 heavy (non-hydrogen) atoms. The van der Waals surface area contributed by atoms with E-state index in [0.29, 0.717) is 25.4 Å². The van der Waals surface area contributed by atoms with Gasteiger partial charge in [0.05, 0.1) is 6.10 Å². The molecule has 1 saturated heterocycles. The van der Waals surface area contributed by atoms with Gasteiger partial charge >= 0.3 is 0 Å². The quantitative estimate of drug-likeness (QED) is 0.703. The first-order chi connectivity index (χ1) is 7.13. The smallest absolute Gasteiger partial charge is 0.222 e. The van der Waals surface area contributed by atoms with Gasteiger partial charge in [-0.1, -0.05) is 6.92 Å². The van der Waals surface area contributed by atoms with E-state index in [1.165, 1.54) is 0 Å². The van der Waals surface area contributed by atoms with Crippen molar-refractivity contribution in [2.45, 2.75) is 32.3 Å². The summed E-state index contributed by atoms with van der Waals surface area (Å²) in [7, 11) is 1.80. The number of carbonyl (C=O) groups excluding carboxylic acids is 1. The van der Waals surface area contributed by atoms with Gasteiger partial charge < -0.3 is 15.3 Å². The number of aliphatic hydroxyl groups is 1. The molecule has 4 heteroatoms. The molecule has 0 bridgehead atoms. The number of aliphatic hydroxyl groups excluding tert-OH is 1. The van der Waals surface area contributed by atoms with Crippen molar-refractivity contribution in [1.82, 2.24) is 10.2 Å². The number of nitrogens with one attached hydrogen (secondary N) is 1. The number of hydrogen-bond acceptors (Lipinski definition) is 3. The largest absolute Gasteiger partial charge is 0.390 e. The summed E-state index contributed by atoms with van der Waals surface area (Å²) in [6.07, 6.45) is 2.22. The van der Waals surface area contributed by atoms with Crippen molar-refractivity contribution in [2.24, 2.45) is 5.92 Å². The van der Waals surface area contributed by atoms with Crippen LogP contribution in [-0.4, -0.2) is 48.7 Å². The van der Waals surface area contributed by atoms with Gasteiger partial charge in [-0.3, -0.25) is 4.79 Å². The van der Waals surface area contributed by atoms with Crippen molar-refractivity contribution in [3.8, 4) is 0 Å². The first kappa shape index (κ1) is 12.5. The molecule has 2 atom stereocenters. The maximum atomic E-state index is 11.7. The second kappa shape index (κ2) is 6.08. The molecule has 0 saturated carbocycles. The number of β-amino-alcohol motifs (C(OH)–C–C–N with tert-alkyl or cyclic N) is 1. The Morgan fingerprint density at radius 1 is 1.60 bits per heavy atom. The molecular formula is C11H22N2O2. The summed E-state index contributed by atoms with van der Waals surface area (Å²) in [5.41, 5.74) is 0. The number of likely N-dealkylation sites (tertiary alicyclic amines) is 1. The van der Waals surface area contributed by atoms with Gasteiger partial charge in [-0.25, -0.2) is 0 Å². The highest BCUT2D eigenvalue weighted by Crippen LogP contribution is 2.17. The van der Waals surface area contributed by atoms with Crippen LogP contribution in [0.1, 0.15) is 26.2 Å². The van der Waals surface area contributed by atoms with E-state index in [1.54, 1.807) is 11.9 Å². The number of hydrogen-bond donors (Lipinski definition) is 2. The van der Waals surface area contributed by atoms with Gasteiger partial charge in [0.1, 0.15) is 0 Å². The standard InChI is InChI=1S/C11H22N2O2/c1-9-3-4-11(15)13(6-5-9)8-10(14)7-12-2/h9-10,12,14H,3-8H2,1-2H3. The average molecular weight is 214 g/mol. The molecule has 0 aromatic heterocycles. The van der Waals surface area contributed by atoms with Crippen molar-refractivity contribution in [3.05, 3.63) is 0 Å². The van der Waals surface area contributed by atoms with Crippen LogP contribution in [0.4, 0.5) is 0 Å². The maximum absolute atomic E-state index is 11.7. The van der Waals surface area contributed by atoms with E-state index in [9.17, 15) is 9.90 Å². The zero-order valence-corrected chi connectivity index (χ0v) is 9.70. The molecule has 0 spiro atoms. The molecule has 4 nitrogen and oxygen atoms in total. The van der Waals surface area contributed by atoms with Crippen molar-refractivity contribution in [3.63, 3.8) is 0 Å². The van der Waals surface area contributed by atoms with Crippen molar-refractivity contribution in [1.29, 1.82) is 0 Å². The lowest BCUT2D eigenvalue weighted by molar-refractivity contribution is -0.132. The van der Waals surface area contributed by atoms with Crippen LogP contribution in [0.15, 0.2) is 0 Å². The van der Waals surface area contributed by atoms with Crippen molar-refractivity contribution in [2.75, 3.05) is 26.7 Å². The molecule has 0 aliphatic carbocycles. The van der Waals surface area contributed by atoms with Crippen molar-refractivity contribution >= 4 is 5.91 Å². The third-order valence-corrected chi connectivity index (χ3v) is 2.97.